The van der Waals surface area contributed by atoms with Gasteiger partial charge >= 0.3 is 5.97 Å². The van der Waals surface area contributed by atoms with Crippen molar-refractivity contribution in [3.8, 4) is 17.0 Å². The van der Waals surface area contributed by atoms with Crippen LogP contribution in [0.15, 0.2) is 29.6 Å². The maximum Gasteiger partial charge on any atom is 0.309 e. The van der Waals surface area contributed by atoms with E-state index in [2.05, 4.69) is 10.3 Å². The van der Waals surface area contributed by atoms with E-state index in [1.165, 1.54) is 11.3 Å². The van der Waals surface area contributed by atoms with Crippen molar-refractivity contribution >= 4 is 34.1 Å². The van der Waals surface area contributed by atoms with Crippen molar-refractivity contribution in [3.63, 3.8) is 0 Å². The highest BCUT2D eigenvalue weighted by molar-refractivity contribution is 7.14. The number of thiazole rings is 1. The van der Waals surface area contributed by atoms with Gasteiger partial charge in [0.15, 0.2) is 11.7 Å². The fourth-order valence-corrected chi connectivity index (χ4v) is 5.04. The topological polar surface area (TPSA) is 94.6 Å². The summed E-state index contributed by atoms with van der Waals surface area (Å²) >= 11 is 1.30. The predicted molar refractivity (Wildman–Crippen MR) is 112 cm³/mol. The van der Waals surface area contributed by atoms with Crippen LogP contribution in [0.4, 0.5) is 5.13 Å². The highest BCUT2D eigenvalue weighted by Gasteiger charge is 2.41. The Morgan fingerprint density at radius 1 is 1.17 bits per heavy atom. The number of fused-ring (bicyclic) bond motifs is 2. The van der Waals surface area contributed by atoms with Gasteiger partial charge in [-0.25, -0.2) is 4.98 Å². The summed E-state index contributed by atoms with van der Waals surface area (Å²) in [5.41, 5.74) is 1.66. The van der Waals surface area contributed by atoms with Crippen molar-refractivity contribution in [2.45, 2.75) is 32.1 Å². The summed E-state index contributed by atoms with van der Waals surface area (Å²) < 4.78 is 10.4. The molecule has 30 heavy (non-hydrogen) atoms. The molecule has 0 unspecified atom stereocenters. The number of amides is 1. The predicted octanol–water partition coefficient (Wildman–Crippen LogP) is 3.70. The first kappa shape index (κ1) is 20.5. The number of ketones is 1. The maximum absolute atomic E-state index is 12.4. The number of ether oxygens (including phenoxy) is 2. The molecule has 1 amide bonds. The van der Waals surface area contributed by atoms with Gasteiger partial charge in [0, 0.05) is 22.8 Å². The van der Waals surface area contributed by atoms with Crippen LogP contribution in [0.1, 0.15) is 32.1 Å². The molecule has 2 bridgehead atoms. The zero-order valence-electron chi connectivity index (χ0n) is 16.8. The van der Waals surface area contributed by atoms with Gasteiger partial charge in [0.1, 0.15) is 11.5 Å². The van der Waals surface area contributed by atoms with Gasteiger partial charge < -0.3 is 9.47 Å². The highest BCUT2D eigenvalue weighted by atomic mass is 32.1. The molecular formula is C22H24N2O5S. The lowest BCUT2D eigenvalue weighted by Gasteiger charge is -2.36. The molecule has 1 N–H and O–H groups in total. The van der Waals surface area contributed by atoms with Gasteiger partial charge in [0.05, 0.1) is 18.7 Å². The van der Waals surface area contributed by atoms with E-state index >= 15 is 0 Å². The summed E-state index contributed by atoms with van der Waals surface area (Å²) in [6, 6.07) is 7.48. The number of hydrogen-bond donors (Lipinski definition) is 1. The van der Waals surface area contributed by atoms with Crippen molar-refractivity contribution in [2.75, 3.05) is 19.0 Å². The van der Waals surface area contributed by atoms with Crippen LogP contribution in [0.3, 0.4) is 0 Å². The molecule has 0 saturated heterocycles. The number of nitrogens with one attached hydrogen (secondary N) is 1. The van der Waals surface area contributed by atoms with E-state index in [1.807, 2.05) is 29.6 Å². The smallest absolute Gasteiger partial charge is 0.309 e. The first-order chi connectivity index (χ1) is 14.5. The molecule has 1 heterocycles. The largest absolute Gasteiger partial charge is 0.497 e. The summed E-state index contributed by atoms with van der Waals surface area (Å²) in [4.78, 5) is 41.1. The number of anilines is 1. The number of hydrogen-bond acceptors (Lipinski definition) is 7. The van der Waals surface area contributed by atoms with Crippen molar-refractivity contribution in [1.82, 2.24) is 4.98 Å². The molecule has 2 fully saturated rings. The lowest BCUT2D eigenvalue weighted by molar-refractivity contribution is -0.155. The molecule has 1 aromatic heterocycles. The van der Waals surface area contributed by atoms with Gasteiger partial charge in [-0.15, -0.1) is 11.3 Å². The minimum absolute atomic E-state index is 0.0180. The number of esters is 1. The summed E-state index contributed by atoms with van der Waals surface area (Å²) in [6.45, 7) is -0.351. The van der Waals surface area contributed by atoms with E-state index in [4.69, 9.17) is 9.47 Å². The Morgan fingerprint density at radius 3 is 2.53 bits per heavy atom. The second kappa shape index (κ2) is 8.95. The highest BCUT2D eigenvalue weighted by Crippen LogP contribution is 2.40. The Bertz CT molecular complexity index is 923. The quantitative estimate of drug-likeness (QED) is 0.705. The fraction of sp³-hybridized carbons (Fsp3) is 0.455. The molecule has 158 valence electrons. The van der Waals surface area contributed by atoms with E-state index in [0.717, 1.165) is 36.3 Å². The lowest BCUT2D eigenvalue weighted by atomic mass is 9.67. The Balaban J connectivity index is 1.27. The van der Waals surface area contributed by atoms with E-state index in [9.17, 15) is 14.4 Å². The minimum atomic E-state index is -0.425. The Morgan fingerprint density at radius 2 is 1.87 bits per heavy atom. The molecule has 2 atom stereocenters. The van der Waals surface area contributed by atoms with Crippen LogP contribution in [-0.4, -0.2) is 36.4 Å². The monoisotopic (exact) mass is 428 g/mol. The number of nitrogens with zero attached hydrogens (tertiary/aromatic N) is 1. The molecule has 0 radical (unpaired) electrons. The van der Waals surface area contributed by atoms with E-state index in [-0.39, 0.29) is 30.3 Å². The molecule has 1 aromatic carbocycles. The molecule has 7 nitrogen and oxygen atoms in total. The summed E-state index contributed by atoms with van der Waals surface area (Å²) in [7, 11) is 1.61. The molecule has 4 rings (SSSR count). The van der Waals surface area contributed by atoms with E-state index in [1.54, 1.807) is 7.11 Å². The Hall–Kier alpha value is -2.74. The summed E-state index contributed by atoms with van der Waals surface area (Å²) in [5.74, 6) is -0.0630. The molecular weight excluding hydrogens is 404 g/mol. The van der Waals surface area contributed by atoms with E-state index in [0.29, 0.717) is 23.8 Å². The van der Waals surface area contributed by atoms with Gasteiger partial charge in [-0.3, -0.25) is 19.7 Å². The van der Waals surface area contributed by atoms with Gasteiger partial charge in [0.25, 0.3) is 5.91 Å². The third-order valence-corrected chi connectivity index (χ3v) is 6.62. The van der Waals surface area contributed by atoms with Crippen molar-refractivity contribution in [1.29, 1.82) is 0 Å². The molecule has 8 heteroatoms. The van der Waals surface area contributed by atoms with Crippen molar-refractivity contribution < 1.29 is 23.9 Å². The maximum atomic E-state index is 12.4. The van der Waals surface area contributed by atoms with E-state index < -0.39 is 5.91 Å². The third kappa shape index (κ3) is 4.53. The SMILES string of the molecule is COc1ccc(-c2csc(NC(=O)COC(=O)C3C[C@@H]4CCC[C@@H](C3)C4=O)n2)cc1. The number of Topliss-reactive ketones (excluding diaryl/α,β-unsaturated/α-hetero) is 1. The molecule has 2 aromatic rings. The molecule has 2 aliphatic rings. The number of carbonyl (C=O) groups excluding carboxylic acids is 3. The zero-order valence-corrected chi connectivity index (χ0v) is 17.6. The normalized spacial score (nSPS) is 23.0. The van der Waals surface area contributed by atoms with Crippen LogP contribution in [0.2, 0.25) is 0 Å². The lowest BCUT2D eigenvalue weighted by Crippen LogP contribution is -2.40. The van der Waals surface area contributed by atoms with Crippen molar-refractivity contribution in [3.05, 3.63) is 29.6 Å². The number of rotatable bonds is 6. The fourth-order valence-electron chi connectivity index (χ4n) is 4.31. The second-order valence-electron chi connectivity index (χ2n) is 7.82. The minimum Gasteiger partial charge on any atom is -0.497 e. The molecule has 2 aliphatic carbocycles. The zero-order chi connectivity index (χ0) is 21.1. The number of carbonyl (C=O) groups is 3. The molecule has 2 saturated carbocycles. The van der Waals surface area contributed by atoms with Crippen LogP contribution in [0.25, 0.3) is 11.3 Å². The Kier molecular flexibility index (Phi) is 6.13. The summed E-state index contributed by atoms with van der Waals surface area (Å²) in [5, 5.41) is 4.96. The van der Waals surface area contributed by atoms with Gasteiger partial charge in [0.2, 0.25) is 0 Å². The summed E-state index contributed by atoms with van der Waals surface area (Å²) in [6.07, 6.45) is 3.87. The Labute approximate surface area is 178 Å². The van der Waals surface area contributed by atoms with Crippen molar-refractivity contribution in [2.24, 2.45) is 17.8 Å². The van der Waals surface area contributed by atoms with Crippen LogP contribution in [0, 0.1) is 17.8 Å². The van der Waals surface area contributed by atoms with Gasteiger partial charge in [-0.05, 0) is 49.9 Å². The second-order valence-corrected chi connectivity index (χ2v) is 8.68. The number of benzene rings is 1. The first-order valence-electron chi connectivity index (χ1n) is 10.1. The third-order valence-electron chi connectivity index (χ3n) is 5.86. The van der Waals surface area contributed by atoms with Crippen LogP contribution in [0.5, 0.6) is 5.75 Å². The van der Waals surface area contributed by atoms with Crippen LogP contribution < -0.4 is 10.1 Å². The molecule has 0 aliphatic heterocycles. The number of methoxy groups -OCH3 is 1. The average Bonchev–Trinajstić information content (AvgIpc) is 3.20. The first-order valence-corrected chi connectivity index (χ1v) is 11.0. The average molecular weight is 429 g/mol. The number of aromatic nitrogens is 1. The van der Waals surface area contributed by atoms with Crippen LogP contribution in [-0.2, 0) is 19.1 Å². The standard InChI is InChI=1S/C22H24N2O5S/c1-28-17-7-5-13(6-8-17)18-12-30-22(23-18)24-19(25)11-29-21(27)16-9-14-3-2-4-15(10-16)20(14)26/h5-8,12,14-16H,2-4,9-11H2,1H3,(H,23,24,25)/t14-,15-/m0/s1. The molecule has 0 spiro atoms. The van der Waals surface area contributed by atoms with Gasteiger partial charge in [-0.1, -0.05) is 6.42 Å². The van der Waals surface area contributed by atoms with Gasteiger partial charge in [-0.2, -0.15) is 0 Å². The van der Waals surface area contributed by atoms with Crippen LogP contribution >= 0.6 is 11.3 Å².